The van der Waals surface area contributed by atoms with Gasteiger partial charge in [-0.1, -0.05) is 0 Å². The number of hydrogen-bond acceptors (Lipinski definition) is 5. The molecular weight excluding hydrogens is 322 g/mol. The minimum Gasteiger partial charge on any atom is -0.493 e. The maximum absolute atomic E-state index is 12.6. The zero-order valence-electron chi connectivity index (χ0n) is 14.8. The fourth-order valence-electron chi connectivity index (χ4n) is 3.38. The smallest absolute Gasteiger partial charge is 0.289 e. The van der Waals surface area contributed by atoms with E-state index in [4.69, 9.17) is 18.6 Å². The maximum Gasteiger partial charge on any atom is 0.289 e. The molecule has 0 saturated carbocycles. The summed E-state index contributed by atoms with van der Waals surface area (Å²) in [6.07, 6.45) is 4.20. The first kappa shape index (κ1) is 17.2. The van der Waals surface area contributed by atoms with Crippen molar-refractivity contribution < 1.29 is 23.4 Å². The monoisotopic (exact) mass is 345 g/mol. The predicted octanol–water partition coefficient (Wildman–Crippen LogP) is 3.15. The third kappa shape index (κ3) is 3.43. The standard InChI is InChI=1S/C19H23NO5/c1-22-16-11-13(12-17(23-2)18(16)24-3)10-14-6-4-8-20(14)19(21)15-7-5-9-25-15/h5,7,9,11-12,14H,4,6,8,10H2,1-3H3. The summed E-state index contributed by atoms with van der Waals surface area (Å²) >= 11 is 0. The van der Waals surface area contributed by atoms with Crippen LogP contribution in [0.5, 0.6) is 17.2 Å². The first-order valence-electron chi connectivity index (χ1n) is 8.31. The summed E-state index contributed by atoms with van der Waals surface area (Å²) in [6.45, 7) is 0.745. The second-order valence-electron chi connectivity index (χ2n) is 6.01. The average molecular weight is 345 g/mol. The SMILES string of the molecule is COc1cc(CC2CCCN2C(=O)c2ccco2)cc(OC)c1OC. The summed E-state index contributed by atoms with van der Waals surface area (Å²) in [5, 5.41) is 0. The second kappa shape index (κ2) is 7.51. The number of methoxy groups -OCH3 is 3. The highest BCUT2D eigenvalue weighted by Crippen LogP contribution is 2.39. The number of likely N-dealkylation sites (tertiary alicyclic amines) is 1. The van der Waals surface area contributed by atoms with E-state index in [-0.39, 0.29) is 11.9 Å². The lowest BCUT2D eigenvalue weighted by atomic mass is 10.0. The molecule has 0 radical (unpaired) electrons. The summed E-state index contributed by atoms with van der Waals surface area (Å²) in [6, 6.07) is 7.44. The van der Waals surface area contributed by atoms with Crippen LogP contribution in [0.15, 0.2) is 34.9 Å². The highest BCUT2D eigenvalue weighted by molar-refractivity contribution is 5.91. The summed E-state index contributed by atoms with van der Waals surface area (Å²) in [5.41, 5.74) is 1.04. The van der Waals surface area contributed by atoms with Crippen LogP contribution in [0.3, 0.4) is 0 Å². The van der Waals surface area contributed by atoms with Crippen molar-refractivity contribution in [1.29, 1.82) is 0 Å². The third-order valence-electron chi connectivity index (χ3n) is 4.57. The highest BCUT2D eigenvalue weighted by Gasteiger charge is 2.31. The molecule has 2 heterocycles. The molecule has 1 aliphatic rings. The maximum atomic E-state index is 12.6. The summed E-state index contributed by atoms with van der Waals surface area (Å²) in [4.78, 5) is 14.5. The Hall–Kier alpha value is -2.63. The molecule has 134 valence electrons. The molecule has 6 heteroatoms. The van der Waals surface area contributed by atoms with E-state index >= 15 is 0 Å². The predicted molar refractivity (Wildman–Crippen MR) is 92.6 cm³/mol. The first-order valence-corrected chi connectivity index (χ1v) is 8.31. The number of amides is 1. The Labute approximate surface area is 147 Å². The van der Waals surface area contributed by atoms with Crippen molar-refractivity contribution in [2.24, 2.45) is 0 Å². The van der Waals surface area contributed by atoms with Gasteiger partial charge in [0.05, 0.1) is 27.6 Å². The number of benzene rings is 1. The molecule has 2 aromatic rings. The Morgan fingerprint density at radius 2 is 1.92 bits per heavy atom. The average Bonchev–Trinajstić information content (AvgIpc) is 3.32. The van der Waals surface area contributed by atoms with Gasteiger partial charge in [0, 0.05) is 12.6 Å². The minimum atomic E-state index is -0.0556. The molecule has 0 N–H and O–H groups in total. The van der Waals surface area contributed by atoms with Gasteiger partial charge in [-0.3, -0.25) is 4.79 Å². The molecule has 0 spiro atoms. The number of carbonyl (C=O) groups is 1. The van der Waals surface area contributed by atoms with E-state index in [1.165, 1.54) is 6.26 Å². The minimum absolute atomic E-state index is 0.0556. The molecular formula is C19H23NO5. The van der Waals surface area contributed by atoms with Crippen molar-refractivity contribution in [2.45, 2.75) is 25.3 Å². The third-order valence-corrected chi connectivity index (χ3v) is 4.57. The molecule has 1 saturated heterocycles. The Morgan fingerprint density at radius 3 is 2.48 bits per heavy atom. The Balaban J connectivity index is 1.82. The van der Waals surface area contributed by atoms with Crippen LogP contribution in [-0.4, -0.2) is 44.7 Å². The number of rotatable bonds is 6. The quantitative estimate of drug-likeness (QED) is 0.805. The van der Waals surface area contributed by atoms with Gasteiger partial charge in [-0.2, -0.15) is 0 Å². The van der Waals surface area contributed by atoms with Gasteiger partial charge in [0.25, 0.3) is 5.91 Å². The molecule has 0 bridgehead atoms. The zero-order valence-corrected chi connectivity index (χ0v) is 14.8. The van der Waals surface area contributed by atoms with Crippen LogP contribution in [0.1, 0.15) is 29.0 Å². The summed E-state index contributed by atoms with van der Waals surface area (Å²) < 4.78 is 21.5. The fourth-order valence-corrected chi connectivity index (χ4v) is 3.38. The van der Waals surface area contributed by atoms with E-state index in [1.807, 2.05) is 17.0 Å². The van der Waals surface area contributed by atoms with Gasteiger partial charge >= 0.3 is 0 Å². The van der Waals surface area contributed by atoms with Gasteiger partial charge in [0.1, 0.15) is 0 Å². The zero-order chi connectivity index (χ0) is 17.8. The van der Waals surface area contributed by atoms with Crippen LogP contribution in [-0.2, 0) is 6.42 Å². The summed E-state index contributed by atoms with van der Waals surface area (Å²) in [5.74, 6) is 2.15. The molecule has 6 nitrogen and oxygen atoms in total. The van der Waals surface area contributed by atoms with Crippen molar-refractivity contribution in [1.82, 2.24) is 4.90 Å². The molecule has 3 rings (SSSR count). The van der Waals surface area contributed by atoms with Crippen molar-refractivity contribution in [2.75, 3.05) is 27.9 Å². The lowest BCUT2D eigenvalue weighted by Gasteiger charge is -2.24. The lowest BCUT2D eigenvalue weighted by molar-refractivity contribution is 0.0704. The van der Waals surface area contributed by atoms with Crippen LogP contribution in [0.4, 0.5) is 0 Å². The van der Waals surface area contributed by atoms with E-state index < -0.39 is 0 Å². The van der Waals surface area contributed by atoms with Gasteiger partial charge in [-0.05, 0) is 49.1 Å². The van der Waals surface area contributed by atoms with E-state index in [9.17, 15) is 4.79 Å². The first-order chi connectivity index (χ1) is 12.2. The molecule has 1 atom stereocenters. The summed E-state index contributed by atoms with van der Waals surface area (Å²) in [7, 11) is 4.79. The molecule has 1 aromatic heterocycles. The number of ether oxygens (including phenoxy) is 3. The van der Waals surface area contributed by atoms with Gasteiger partial charge in [0.2, 0.25) is 5.75 Å². The van der Waals surface area contributed by atoms with Gasteiger partial charge in [-0.15, -0.1) is 0 Å². The highest BCUT2D eigenvalue weighted by atomic mass is 16.5. The molecule has 1 fully saturated rings. The molecule has 1 unspecified atom stereocenters. The number of carbonyl (C=O) groups excluding carboxylic acids is 1. The molecule has 25 heavy (non-hydrogen) atoms. The molecule has 1 aromatic carbocycles. The van der Waals surface area contributed by atoms with Crippen LogP contribution in [0, 0.1) is 0 Å². The van der Waals surface area contributed by atoms with Gasteiger partial charge < -0.3 is 23.5 Å². The lowest BCUT2D eigenvalue weighted by Crippen LogP contribution is -2.36. The van der Waals surface area contributed by atoms with Crippen LogP contribution >= 0.6 is 0 Å². The second-order valence-corrected chi connectivity index (χ2v) is 6.01. The van der Waals surface area contributed by atoms with Crippen LogP contribution in [0.2, 0.25) is 0 Å². The van der Waals surface area contributed by atoms with Gasteiger partial charge in [0.15, 0.2) is 17.3 Å². The van der Waals surface area contributed by atoms with Gasteiger partial charge in [-0.25, -0.2) is 0 Å². The number of furan rings is 1. The van der Waals surface area contributed by atoms with Crippen molar-refractivity contribution in [3.05, 3.63) is 41.9 Å². The largest absolute Gasteiger partial charge is 0.493 e. The van der Waals surface area contributed by atoms with E-state index in [2.05, 4.69) is 0 Å². The normalized spacial score (nSPS) is 16.8. The molecule has 1 amide bonds. The van der Waals surface area contributed by atoms with Crippen LogP contribution < -0.4 is 14.2 Å². The van der Waals surface area contributed by atoms with E-state index in [0.29, 0.717) is 23.0 Å². The Bertz CT molecular complexity index is 700. The fraction of sp³-hybridized carbons (Fsp3) is 0.421. The van der Waals surface area contributed by atoms with Crippen LogP contribution in [0.25, 0.3) is 0 Å². The van der Waals surface area contributed by atoms with E-state index in [1.54, 1.807) is 33.5 Å². The van der Waals surface area contributed by atoms with E-state index in [0.717, 1.165) is 31.4 Å². The van der Waals surface area contributed by atoms with Crippen molar-refractivity contribution >= 4 is 5.91 Å². The topological polar surface area (TPSA) is 61.1 Å². The molecule has 1 aliphatic heterocycles. The van der Waals surface area contributed by atoms with Crippen molar-refractivity contribution in [3.63, 3.8) is 0 Å². The van der Waals surface area contributed by atoms with Crippen molar-refractivity contribution in [3.8, 4) is 17.2 Å². The Morgan fingerprint density at radius 1 is 1.20 bits per heavy atom. The number of hydrogen-bond donors (Lipinski definition) is 0. The number of nitrogens with zero attached hydrogens (tertiary/aromatic N) is 1. The molecule has 0 aliphatic carbocycles. The Kier molecular flexibility index (Phi) is 5.16.